The Bertz CT molecular complexity index is 1080. The quantitative estimate of drug-likeness (QED) is 0.647. The summed E-state index contributed by atoms with van der Waals surface area (Å²) in [6.07, 6.45) is 2.91. The van der Waals surface area contributed by atoms with Crippen LogP contribution in [0.1, 0.15) is 0 Å². The van der Waals surface area contributed by atoms with Crippen LogP contribution >= 0.6 is 0 Å². The van der Waals surface area contributed by atoms with Gasteiger partial charge in [-0.2, -0.15) is 5.10 Å². The van der Waals surface area contributed by atoms with Gasteiger partial charge in [-0.15, -0.1) is 0 Å². The lowest BCUT2D eigenvalue weighted by Crippen LogP contribution is -2.53. The standard InChI is InChI=1S/C16H17FN6O3S/c17-13-3-1-2-4-14(13)23-16-12(7-21-23)15(19-10-20-16)22-8-11(9-22)26-5-6-27(18,24)25/h1-4,7,10-11H,5-6,8-9H2,(H2,18,24,25). The van der Waals surface area contributed by atoms with Crippen molar-refractivity contribution in [1.29, 1.82) is 0 Å². The molecule has 2 N–H and O–H groups in total. The van der Waals surface area contributed by atoms with Crippen LogP contribution in [0.4, 0.5) is 10.2 Å². The third-order valence-corrected chi connectivity index (χ3v) is 5.03. The number of halogens is 1. The van der Waals surface area contributed by atoms with E-state index in [1.165, 1.54) is 17.1 Å². The SMILES string of the molecule is NS(=O)(=O)CCOC1CN(c2ncnc3c2cnn3-c2ccccc2F)C1. The number of primary sulfonamides is 1. The van der Waals surface area contributed by atoms with Crippen molar-refractivity contribution < 1.29 is 17.5 Å². The summed E-state index contributed by atoms with van der Waals surface area (Å²) in [4.78, 5) is 10.5. The van der Waals surface area contributed by atoms with Gasteiger partial charge in [0.05, 0.1) is 30.0 Å². The van der Waals surface area contributed by atoms with Crippen LogP contribution in [0, 0.1) is 5.82 Å². The molecule has 1 fully saturated rings. The van der Waals surface area contributed by atoms with Crippen LogP contribution in [-0.2, 0) is 14.8 Å². The van der Waals surface area contributed by atoms with Crippen LogP contribution in [0.3, 0.4) is 0 Å². The molecule has 1 aromatic carbocycles. The number of nitrogens with zero attached hydrogens (tertiary/aromatic N) is 5. The summed E-state index contributed by atoms with van der Waals surface area (Å²) in [6, 6.07) is 6.33. The van der Waals surface area contributed by atoms with Crippen molar-refractivity contribution in [3.05, 3.63) is 42.6 Å². The van der Waals surface area contributed by atoms with Gasteiger partial charge in [-0.1, -0.05) is 12.1 Å². The van der Waals surface area contributed by atoms with Crippen molar-refractivity contribution in [2.24, 2.45) is 5.14 Å². The molecule has 0 atom stereocenters. The molecule has 1 aliphatic heterocycles. The summed E-state index contributed by atoms with van der Waals surface area (Å²) in [5.41, 5.74) is 0.814. The number of aromatic nitrogens is 4. The fraction of sp³-hybridized carbons (Fsp3) is 0.312. The lowest BCUT2D eigenvalue weighted by atomic mass is 10.1. The van der Waals surface area contributed by atoms with Gasteiger partial charge in [0.15, 0.2) is 5.65 Å². The van der Waals surface area contributed by atoms with Crippen molar-refractivity contribution in [3.63, 3.8) is 0 Å². The molecule has 0 amide bonds. The molecule has 142 valence electrons. The molecule has 0 spiro atoms. The van der Waals surface area contributed by atoms with Gasteiger partial charge in [-0.3, -0.25) is 0 Å². The minimum Gasteiger partial charge on any atom is -0.373 e. The molecule has 0 unspecified atom stereocenters. The van der Waals surface area contributed by atoms with E-state index < -0.39 is 15.8 Å². The first kappa shape index (κ1) is 17.8. The monoisotopic (exact) mass is 392 g/mol. The molecule has 0 saturated carbocycles. The van der Waals surface area contributed by atoms with Crippen LogP contribution in [0.15, 0.2) is 36.8 Å². The number of rotatable bonds is 6. The van der Waals surface area contributed by atoms with Gasteiger partial charge in [0.25, 0.3) is 0 Å². The number of nitrogens with two attached hydrogens (primary N) is 1. The maximum Gasteiger partial charge on any atom is 0.211 e. The minimum absolute atomic E-state index is 0.0573. The molecule has 1 aliphatic rings. The molecule has 27 heavy (non-hydrogen) atoms. The van der Waals surface area contributed by atoms with Gasteiger partial charge >= 0.3 is 0 Å². The molecule has 11 heteroatoms. The van der Waals surface area contributed by atoms with Crippen LogP contribution < -0.4 is 10.0 Å². The lowest BCUT2D eigenvalue weighted by Gasteiger charge is -2.39. The number of para-hydroxylation sites is 1. The topological polar surface area (TPSA) is 116 Å². The minimum atomic E-state index is -3.53. The smallest absolute Gasteiger partial charge is 0.211 e. The van der Waals surface area contributed by atoms with Crippen LogP contribution in [-0.4, -0.2) is 59.7 Å². The Balaban J connectivity index is 1.51. The third kappa shape index (κ3) is 3.61. The van der Waals surface area contributed by atoms with E-state index in [0.29, 0.717) is 35.6 Å². The molecular formula is C16H17FN6O3S. The fourth-order valence-corrected chi connectivity index (χ4v) is 3.26. The van der Waals surface area contributed by atoms with Gasteiger partial charge in [0.1, 0.15) is 23.6 Å². The molecule has 0 radical (unpaired) electrons. The van der Waals surface area contributed by atoms with Crippen molar-refractivity contribution in [2.45, 2.75) is 6.10 Å². The number of benzene rings is 1. The van der Waals surface area contributed by atoms with E-state index in [0.717, 1.165) is 0 Å². The highest BCUT2D eigenvalue weighted by Gasteiger charge is 2.30. The Labute approximate surface area is 154 Å². The molecule has 4 rings (SSSR count). The van der Waals surface area contributed by atoms with E-state index in [2.05, 4.69) is 15.1 Å². The summed E-state index contributed by atoms with van der Waals surface area (Å²) in [5, 5.41) is 9.91. The Kier molecular flexibility index (Phi) is 4.50. The summed E-state index contributed by atoms with van der Waals surface area (Å²) in [7, 11) is -3.53. The first-order valence-electron chi connectivity index (χ1n) is 8.23. The zero-order valence-corrected chi connectivity index (χ0v) is 15.0. The summed E-state index contributed by atoms with van der Waals surface area (Å²) >= 11 is 0. The second-order valence-corrected chi connectivity index (χ2v) is 7.94. The first-order chi connectivity index (χ1) is 12.9. The number of fused-ring (bicyclic) bond motifs is 1. The molecule has 2 aromatic heterocycles. The third-order valence-electron chi connectivity index (χ3n) is 4.29. The molecule has 0 aliphatic carbocycles. The molecule has 1 saturated heterocycles. The van der Waals surface area contributed by atoms with Crippen LogP contribution in [0.25, 0.3) is 16.7 Å². The van der Waals surface area contributed by atoms with Gasteiger partial charge in [-0.25, -0.2) is 32.6 Å². The normalized spacial score (nSPS) is 15.3. The second-order valence-electron chi connectivity index (χ2n) is 6.21. The number of hydrogen-bond donors (Lipinski definition) is 1. The Morgan fingerprint density at radius 1 is 1.26 bits per heavy atom. The van der Waals surface area contributed by atoms with E-state index in [1.807, 2.05) is 4.90 Å². The fourth-order valence-electron chi connectivity index (χ4n) is 2.93. The van der Waals surface area contributed by atoms with Crippen molar-refractivity contribution in [1.82, 2.24) is 19.7 Å². The molecule has 3 heterocycles. The summed E-state index contributed by atoms with van der Waals surface area (Å²) in [6.45, 7) is 1.17. The van der Waals surface area contributed by atoms with E-state index in [1.54, 1.807) is 24.4 Å². The number of anilines is 1. The van der Waals surface area contributed by atoms with Crippen molar-refractivity contribution in [2.75, 3.05) is 30.3 Å². The summed E-state index contributed by atoms with van der Waals surface area (Å²) in [5.74, 6) is 0.0697. The Morgan fingerprint density at radius 2 is 2.04 bits per heavy atom. The Morgan fingerprint density at radius 3 is 2.78 bits per heavy atom. The van der Waals surface area contributed by atoms with Crippen molar-refractivity contribution in [3.8, 4) is 5.69 Å². The van der Waals surface area contributed by atoms with Crippen LogP contribution in [0.2, 0.25) is 0 Å². The van der Waals surface area contributed by atoms with Gasteiger partial charge < -0.3 is 9.64 Å². The van der Waals surface area contributed by atoms with Crippen molar-refractivity contribution >= 4 is 26.9 Å². The largest absolute Gasteiger partial charge is 0.373 e. The van der Waals surface area contributed by atoms with E-state index in [-0.39, 0.29) is 18.5 Å². The van der Waals surface area contributed by atoms with Gasteiger partial charge in [0.2, 0.25) is 10.0 Å². The number of ether oxygens (including phenoxy) is 1. The highest BCUT2D eigenvalue weighted by atomic mass is 32.2. The van der Waals surface area contributed by atoms with Gasteiger partial charge in [-0.05, 0) is 12.1 Å². The first-order valence-corrected chi connectivity index (χ1v) is 9.94. The van der Waals surface area contributed by atoms with Gasteiger partial charge in [0, 0.05) is 13.1 Å². The lowest BCUT2D eigenvalue weighted by molar-refractivity contribution is 0.0440. The van der Waals surface area contributed by atoms with Crippen LogP contribution in [0.5, 0.6) is 0 Å². The average Bonchev–Trinajstić information content (AvgIpc) is 3.00. The second kappa shape index (κ2) is 6.83. The maximum absolute atomic E-state index is 14.1. The highest BCUT2D eigenvalue weighted by molar-refractivity contribution is 7.89. The Hall–Kier alpha value is -2.63. The number of hydrogen-bond acceptors (Lipinski definition) is 7. The zero-order valence-electron chi connectivity index (χ0n) is 14.2. The predicted octanol–water partition coefficient (Wildman–Crippen LogP) is 0.448. The maximum atomic E-state index is 14.1. The highest BCUT2D eigenvalue weighted by Crippen LogP contribution is 2.28. The molecular weight excluding hydrogens is 375 g/mol. The predicted molar refractivity (Wildman–Crippen MR) is 96.5 cm³/mol. The average molecular weight is 392 g/mol. The molecule has 0 bridgehead atoms. The molecule has 3 aromatic rings. The zero-order chi connectivity index (χ0) is 19.0. The molecule has 9 nitrogen and oxygen atoms in total. The van der Waals surface area contributed by atoms with E-state index in [9.17, 15) is 12.8 Å². The van der Waals surface area contributed by atoms with E-state index >= 15 is 0 Å². The number of sulfonamides is 1. The summed E-state index contributed by atoms with van der Waals surface area (Å²) < 4.78 is 42.9. The van der Waals surface area contributed by atoms with E-state index in [4.69, 9.17) is 9.88 Å².